The van der Waals surface area contributed by atoms with Gasteiger partial charge in [-0.3, -0.25) is 4.79 Å². The SMILES string of the molecule is COC(=O)[C@@H]1C[C@@H](OC)CN1C(=O)CSC1CCCC1. The average molecular weight is 301 g/mol. The zero-order valence-corrected chi connectivity index (χ0v) is 13.0. The first-order valence-corrected chi connectivity index (χ1v) is 8.22. The number of hydrogen-bond donors (Lipinski definition) is 0. The van der Waals surface area contributed by atoms with Gasteiger partial charge in [0.25, 0.3) is 0 Å². The van der Waals surface area contributed by atoms with Crippen LogP contribution in [0, 0.1) is 0 Å². The Morgan fingerprint density at radius 1 is 1.25 bits per heavy atom. The highest BCUT2D eigenvalue weighted by atomic mass is 32.2. The van der Waals surface area contributed by atoms with Crippen LogP contribution in [-0.4, -0.2) is 60.7 Å². The number of carbonyl (C=O) groups is 2. The molecule has 1 aliphatic carbocycles. The van der Waals surface area contributed by atoms with Crippen LogP contribution in [0.3, 0.4) is 0 Å². The predicted molar refractivity (Wildman–Crippen MR) is 77.6 cm³/mol. The Kier molecular flexibility index (Phi) is 5.72. The molecule has 5 nitrogen and oxygen atoms in total. The van der Waals surface area contributed by atoms with Gasteiger partial charge in [0, 0.05) is 25.3 Å². The molecular weight excluding hydrogens is 278 g/mol. The molecule has 0 aromatic rings. The molecular formula is C14H23NO4S. The quantitative estimate of drug-likeness (QED) is 0.719. The van der Waals surface area contributed by atoms with E-state index in [1.807, 2.05) is 0 Å². The van der Waals surface area contributed by atoms with E-state index in [4.69, 9.17) is 9.47 Å². The summed E-state index contributed by atoms with van der Waals surface area (Å²) in [5, 5.41) is 0.608. The molecule has 0 radical (unpaired) electrons. The maximum absolute atomic E-state index is 12.3. The summed E-state index contributed by atoms with van der Waals surface area (Å²) in [6.45, 7) is 0.486. The fraction of sp³-hybridized carbons (Fsp3) is 0.857. The van der Waals surface area contributed by atoms with Gasteiger partial charge < -0.3 is 14.4 Å². The van der Waals surface area contributed by atoms with E-state index in [2.05, 4.69) is 0 Å². The first-order valence-electron chi connectivity index (χ1n) is 7.17. The zero-order chi connectivity index (χ0) is 14.5. The molecule has 114 valence electrons. The summed E-state index contributed by atoms with van der Waals surface area (Å²) in [7, 11) is 2.97. The number of esters is 1. The highest BCUT2D eigenvalue weighted by molar-refractivity contribution is 8.00. The molecule has 1 heterocycles. The van der Waals surface area contributed by atoms with E-state index in [0.717, 1.165) is 0 Å². The van der Waals surface area contributed by atoms with Crippen molar-refractivity contribution in [2.45, 2.75) is 49.5 Å². The van der Waals surface area contributed by atoms with Gasteiger partial charge in [0.1, 0.15) is 6.04 Å². The summed E-state index contributed by atoms with van der Waals surface area (Å²) in [6.07, 6.45) is 5.42. The van der Waals surface area contributed by atoms with Crippen LogP contribution in [0.2, 0.25) is 0 Å². The highest BCUT2D eigenvalue weighted by Gasteiger charge is 2.40. The van der Waals surface area contributed by atoms with Gasteiger partial charge in [-0.15, -0.1) is 11.8 Å². The van der Waals surface area contributed by atoms with E-state index in [9.17, 15) is 9.59 Å². The molecule has 2 fully saturated rings. The Labute approximate surface area is 124 Å². The second-order valence-corrected chi connectivity index (χ2v) is 6.68. The monoisotopic (exact) mass is 301 g/mol. The van der Waals surface area contributed by atoms with Crippen molar-refractivity contribution in [3.63, 3.8) is 0 Å². The second-order valence-electron chi connectivity index (χ2n) is 5.40. The Morgan fingerprint density at radius 3 is 2.55 bits per heavy atom. The number of thioether (sulfide) groups is 1. The van der Waals surface area contributed by atoms with Gasteiger partial charge in [-0.25, -0.2) is 4.79 Å². The molecule has 20 heavy (non-hydrogen) atoms. The van der Waals surface area contributed by atoms with E-state index in [1.165, 1.54) is 32.8 Å². The van der Waals surface area contributed by atoms with Gasteiger partial charge in [0.2, 0.25) is 5.91 Å². The van der Waals surface area contributed by atoms with Crippen LogP contribution < -0.4 is 0 Å². The molecule has 2 atom stereocenters. The molecule has 1 amide bonds. The molecule has 2 aliphatic rings. The van der Waals surface area contributed by atoms with Crippen molar-refractivity contribution in [3.8, 4) is 0 Å². The number of likely N-dealkylation sites (tertiary alicyclic amines) is 1. The maximum Gasteiger partial charge on any atom is 0.328 e. The van der Waals surface area contributed by atoms with E-state index in [0.29, 0.717) is 24.0 Å². The number of rotatable bonds is 5. The van der Waals surface area contributed by atoms with E-state index in [-0.39, 0.29) is 18.0 Å². The van der Waals surface area contributed by atoms with Gasteiger partial charge in [0.05, 0.1) is 19.0 Å². The molecule has 0 N–H and O–H groups in total. The number of methoxy groups -OCH3 is 2. The maximum atomic E-state index is 12.3. The highest BCUT2D eigenvalue weighted by Crippen LogP contribution is 2.30. The van der Waals surface area contributed by atoms with E-state index in [1.54, 1.807) is 23.8 Å². The molecule has 0 aromatic heterocycles. The molecule has 0 unspecified atom stereocenters. The minimum Gasteiger partial charge on any atom is -0.467 e. The molecule has 6 heteroatoms. The number of ether oxygens (including phenoxy) is 2. The first-order chi connectivity index (χ1) is 9.65. The fourth-order valence-corrected chi connectivity index (χ4v) is 4.14. The average Bonchev–Trinajstić information content (AvgIpc) is 3.12. The third-order valence-corrected chi connectivity index (χ3v) is 5.49. The van der Waals surface area contributed by atoms with Crippen molar-refractivity contribution in [2.24, 2.45) is 0 Å². The number of hydrogen-bond acceptors (Lipinski definition) is 5. The van der Waals surface area contributed by atoms with E-state index < -0.39 is 6.04 Å². The topological polar surface area (TPSA) is 55.8 Å². The first kappa shape index (κ1) is 15.6. The van der Waals surface area contributed by atoms with Gasteiger partial charge in [-0.1, -0.05) is 12.8 Å². The van der Waals surface area contributed by atoms with Gasteiger partial charge >= 0.3 is 5.97 Å². The lowest BCUT2D eigenvalue weighted by atomic mass is 10.2. The number of nitrogens with zero attached hydrogens (tertiary/aromatic N) is 1. The van der Waals surface area contributed by atoms with Crippen molar-refractivity contribution in [1.29, 1.82) is 0 Å². The Bertz CT molecular complexity index is 357. The molecule has 0 spiro atoms. The summed E-state index contributed by atoms with van der Waals surface area (Å²) < 4.78 is 10.1. The van der Waals surface area contributed by atoms with Crippen LogP contribution >= 0.6 is 11.8 Å². The van der Waals surface area contributed by atoms with E-state index >= 15 is 0 Å². The molecule has 0 bridgehead atoms. The number of amides is 1. The third kappa shape index (κ3) is 3.67. The van der Waals surface area contributed by atoms with Gasteiger partial charge in [0.15, 0.2) is 0 Å². The van der Waals surface area contributed by atoms with Crippen molar-refractivity contribution in [2.75, 3.05) is 26.5 Å². The molecule has 1 saturated carbocycles. The van der Waals surface area contributed by atoms with Crippen molar-refractivity contribution in [1.82, 2.24) is 4.90 Å². The number of carbonyl (C=O) groups excluding carboxylic acids is 2. The van der Waals surface area contributed by atoms with Crippen LogP contribution in [0.15, 0.2) is 0 Å². The normalized spacial score (nSPS) is 27.0. The smallest absolute Gasteiger partial charge is 0.328 e. The van der Waals surface area contributed by atoms with Crippen molar-refractivity contribution >= 4 is 23.6 Å². The summed E-state index contributed by atoms with van der Waals surface area (Å²) in [4.78, 5) is 25.7. The fourth-order valence-electron chi connectivity index (χ4n) is 2.93. The summed E-state index contributed by atoms with van der Waals surface area (Å²) >= 11 is 1.73. The summed E-state index contributed by atoms with van der Waals surface area (Å²) in [5.74, 6) is 0.134. The van der Waals surface area contributed by atoms with Crippen LogP contribution in [0.1, 0.15) is 32.1 Å². The molecule has 2 rings (SSSR count). The summed E-state index contributed by atoms with van der Waals surface area (Å²) in [6, 6.07) is -0.485. The van der Waals surface area contributed by atoms with Crippen LogP contribution in [-0.2, 0) is 19.1 Å². The molecule has 1 aliphatic heterocycles. The molecule has 0 aromatic carbocycles. The Balaban J connectivity index is 1.89. The zero-order valence-electron chi connectivity index (χ0n) is 12.2. The minimum atomic E-state index is -0.485. The predicted octanol–water partition coefficient (Wildman–Crippen LogP) is 1.45. The lowest BCUT2D eigenvalue weighted by Crippen LogP contribution is -2.42. The van der Waals surface area contributed by atoms with Crippen LogP contribution in [0.5, 0.6) is 0 Å². The summed E-state index contributed by atoms with van der Waals surface area (Å²) in [5.41, 5.74) is 0. The van der Waals surface area contributed by atoms with Gasteiger partial charge in [-0.2, -0.15) is 0 Å². The van der Waals surface area contributed by atoms with Gasteiger partial charge in [-0.05, 0) is 12.8 Å². The minimum absolute atomic E-state index is 0.0249. The lowest BCUT2D eigenvalue weighted by Gasteiger charge is -2.22. The Morgan fingerprint density at radius 2 is 1.95 bits per heavy atom. The second kappa shape index (κ2) is 7.31. The largest absolute Gasteiger partial charge is 0.467 e. The van der Waals surface area contributed by atoms with Crippen LogP contribution in [0.25, 0.3) is 0 Å². The third-order valence-electron chi connectivity index (χ3n) is 4.13. The molecule has 1 saturated heterocycles. The Hall–Kier alpha value is -0.750. The standard InChI is InChI=1S/C14H23NO4S/c1-18-10-7-12(14(17)19-2)15(8-10)13(16)9-20-11-5-3-4-6-11/h10-12H,3-9H2,1-2H3/t10-,12+/m1/s1. The van der Waals surface area contributed by atoms with Crippen molar-refractivity contribution < 1.29 is 19.1 Å². The lowest BCUT2D eigenvalue weighted by molar-refractivity contribution is -0.150. The van der Waals surface area contributed by atoms with Crippen LogP contribution in [0.4, 0.5) is 0 Å². The van der Waals surface area contributed by atoms with Crippen molar-refractivity contribution in [3.05, 3.63) is 0 Å².